The van der Waals surface area contributed by atoms with E-state index in [1.165, 1.54) is 0 Å². The van der Waals surface area contributed by atoms with Crippen molar-refractivity contribution in [3.05, 3.63) is 23.8 Å². The minimum atomic E-state index is -0.751. The van der Waals surface area contributed by atoms with Gasteiger partial charge in [-0.25, -0.2) is 0 Å². The Kier molecular flexibility index (Phi) is 4.68. The van der Waals surface area contributed by atoms with Gasteiger partial charge in [-0.1, -0.05) is 6.92 Å². The second-order valence-electron chi connectivity index (χ2n) is 3.68. The van der Waals surface area contributed by atoms with Crippen molar-refractivity contribution in [2.24, 2.45) is 5.92 Å². The lowest BCUT2D eigenvalue weighted by atomic mass is 10.2. The lowest BCUT2D eigenvalue weighted by Gasteiger charge is -2.09. The van der Waals surface area contributed by atoms with Crippen LogP contribution in [0.1, 0.15) is 12.5 Å². The van der Waals surface area contributed by atoms with Gasteiger partial charge in [0.25, 0.3) is 0 Å². The molecule has 16 heavy (non-hydrogen) atoms. The molecule has 1 aromatic carbocycles. The van der Waals surface area contributed by atoms with Crippen LogP contribution in [0.5, 0.6) is 5.75 Å². The minimum Gasteiger partial charge on any atom is -0.497 e. The summed E-state index contributed by atoms with van der Waals surface area (Å²) in [5.74, 6) is 0.334. The number of carbonyl (C=O) groups is 1. The van der Waals surface area contributed by atoms with Gasteiger partial charge in [-0.15, -0.1) is 11.8 Å². The second kappa shape index (κ2) is 5.80. The first-order chi connectivity index (χ1) is 7.54. The van der Waals surface area contributed by atoms with E-state index in [4.69, 9.17) is 9.84 Å². The molecule has 4 heteroatoms. The maximum atomic E-state index is 10.7. The monoisotopic (exact) mass is 240 g/mol. The molecule has 1 N–H and O–H groups in total. The Labute approximate surface area is 99.8 Å². The highest BCUT2D eigenvalue weighted by Crippen LogP contribution is 2.27. The largest absolute Gasteiger partial charge is 0.497 e. The molecular formula is C12H16O3S. The lowest BCUT2D eigenvalue weighted by Crippen LogP contribution is -2.11. The summed E-state index contributed by atoms with van der Waals surface area (Å²) in [4.78, 5) is 11.8. The predicted molar refractivity (Wildman–Crippen MR) is 65.3 cm³/mol. The molecule has 0 aliphatic heterocycles. The van der Waals surface area contributed by atoms with Crippen molar-refractivity contribution in [2.75, 3.05) is 12.9 Å². The average Bonchev–Trinajstić information content (AvgIpc) is 2.26. The summed E-state index contributed by atoms with van der Waals surface area (Å²) in [6.07, 6.45) is 0. The molecule has 1 aromatic rings. The van der Waals surface area contributed by atoms with Crippen molar-refractivity contribution < 1.29 is 14.6 Å². The first-order valence-electron chi connectivity index (χ1n) is 5.05. The molecular weight excluding hydrogens is 224 g/mol. The minimum absolute atomic E-state index is 0.327. The molecule has 3 nitrogen and oxygen atoms in total. The zero-order chi connectivity index (χ0) is 12.1. The Hall–Kier alpha value is -1.16. The van der Waals surface area contributed by atoms with Gasteiger partial charge in [-0.3, -0.25) is 4.79 Å². The van der Waals surface area contributed by atoms with Crippen LogP contribution < -0.4 is 4.74 Å². The summed E-state index contributed by atoms with van der Waals surface area (Å²) >= 11 is 1.57. The first-order valence-corrected chi connectivity index (χ1v) is 6.03. The van der Waals surface area contributed by atoms with Gasteiger partial charge >= 0.3 is 5.97 Å². The molecule has 1 rings (SSSR count). The van der Waals surface area contributed by atoms with Crippen molar-refractivity contribution in [3.8, 4) is 5.75 Å². The topological polar surface area (TPSA) is 46.5 Å². The Morgan fingerprint density at radius 3 is 2.75 bits per heavy atom. The quantitative estimate of drug-likeness (QED) is 0.804. The third-order valence-corrected chi connectivity index (χ3v) is 3.73. The number of carboxylic acids is 1. The fraction of sp³-hybridized carbons (Fsp3) is 0.417. The standard InChI is InChI=1S/C12H16O3S/c1-8-6-10(15-3)4-5-11(8)16-7-9(2)12(13)14/h4-6,9H,7H2,1-3H3,(H,13,14). The van der Waals surface area contributed by atoms with E-state index in [0.717, 1.165) is 16.2 Å². The van der Waals surface area contributed by atoms with Crippen molar-refractivity contribution in [3.63, 3.8) is 0 Å². The lowest BCUT2D eigenvalue weighted by molar-refractivity contribution is -0.140. The number of benzene rings is 1. The molecule has 0 saturated carbocycles. The molecule has 0 spiro atoms. The van der Waals surface area contributed by atoms with Crippen molar-refractivity contribution in [2.45, 2.75) is 18.7 Å². The van der Waals surface area contributed by atoms with Gasteiger partial charge < -0.3 is 9.84 Å². The first kappa shape index (κ1) is 12.9. The van der Waals surface area contributed by atoms with Crippen molar-refractivity contribution >= 4 is 17.7 Å². The molecule has 0 saturated heterocycles. The Balaban J connectivity index is 2.64. The van der Waals surface area contributed by atoms with E-state index >= 15 is 0 Å². The fourth-order valence-corrected chi connectivity index (χ4v) is 2.22. The average molecular weight is 240 g/mol. The van der Waals surface area contributed by atoms with E-state index in [0.29, 0.717) is 5.75 Å². The Morgan fingerprint density at radius 1 is 1.56 bits per heavy atom. The molecule has 0 bridgehead atoms. The number of aryl methyl sites for hydroxylation is 1. The van der Waals surface area contributed by atoms with Crippen molar-refractivity contribution in [1.82, 2.24) is 0 Å². The number of hydrogen-bond acceptors (Lipinski definition) is 3. The summed E-state index contributed by atoms with van der Waals surface area (Å²) in [6, 6.07) is 5.81. The van der Waals surface area contributed by atoms with Gasteiger partial charge in [0.1, 0.15) is 5.75 Å². The molecule has 0 amide bonds. The van der Waals surface area contributed by atoms with E-state index in [-0.39, 0.29) is 5.92 Å². The predicted octanol–water partition coefficient (Wildman–Crippen LogP) is 2.82. The maximum absolute atomic E-state index is 10.7. The highest BCUT2D eigenvalue weighted by Gasteiger charge is 2.11. The highest BCUT2D eigenvalue weighted by atomic mass is 32.2. The fourth-order valence-electron chi connectivity index (χ4n) is 1.20. The summed E-state index contributed by atoms with van der Waals surface area (Å²) in [7, 11) is 1.63. The summed E-state index contributed by atoms with van der Waals surface area (Å²) in [5, 5.41) is 8.78. The summed E-state index contributed by atoms with van der Waals surface area (Å²) < 4.78 is 5.11. The molecule has 88 valence electrons. The normalized spacial score (nSPS) is 12.2. The summed E-state index contributed by atoms with van der Waals surface area (Å²) in [6.45, 7) is 3.71. The Morgan fingerprint density at radius 2 is 2.25 bits per heavy atom. The van der Waals surface area contributed by atoms with Crippen LogP contribution in [0.2, 0.25) is 0 Å². The van der Waals surface area contributed by atoms with Gasteiger partial charge in [0.2, 0.25) is 0 Å². The van der Waals surface area contributed by atoms with Crippen LogP contribution in [0.3, 0.4) is 0 Å². The van der Waals surface area contributed by atoms with E-state index in [2.05, 4.69) is 0 Å². The van der Waals surface area contributed by atoms with E-state index < -0.39 is 5.97 Å². The van der Waals surface area contributed by atoms with Gasteiger partial charge in [0.05, 0.1) is 13.0 Å². The van der Waals surface area contributed by atoms with Crippen LogP contribution in [0.25, 0.3) is 0 Å². The number of ether oxygens (including phenoxy) is 1. The number of thioether (sulfide) groups is 1. The van der Waals surface area contributed by atoms with Crippen LogP contribution in [0.15, 0.2) is 23.1 Å². The molecule has 0 radical (unpaired) electrons. The van der Waals surface area contributed by atoms with Crippen LogP contribution in [-0.4, -0.2) is 23.9 Å². The third-order valence-electron chi connectivity index (χ3n) is 2.29. The zero-order valence-electron chi connectivity index (χ0n) is 9.69. The number of rotatable bonds is 5. The zero-order valence-corrected chi connectivity index (χ0v) is 10.5. The molecule has 1 atom stereocenters. The summed E-state index contributed by atoms with van der Waals surface area (Å²) in [5.41, 5.74) is 1.11. The number of aliphatic carboxylic acids is 1. The van der Waals surface area contributed by atoms with Gasteiger partial charge in [0, 0.05) is 10.6 Å². The smallest absolute Gasteiger partial charge is 0.307 e. The van der Waals surface area contributed by atoms with Gasteiger partial charge in [-0.05, 0) is 30.7 Å². The number of hydrogen-bond donors (Lipinski definition) is 1. The molecule has 1 unspecified atom stereocenters. The SMILES string of the molecule is COc1ccc(SCC(C)C(=O)O)c(C)c1. The van der Waals surface area contributed by atoms with Crippen LogP contribution >= 0.6 is 11.8 Å². The van der Waals surface area contributed by atoms with Crippen molar-refractivity contribution in [1.29, 1.82) is 0 Å². The molecule has 0 aliphatic rings. The molecule has 0 heterocycles. The van der Waals surface area contributed by atoms with Crippen LogP contribution in [0.4, 0.5) is 0 Å². The molecule has 0 aliphatic carbocycles. The Bertz CT molecular complexity index is 377. The second-order valence-corrected chi connectivity index (χ2v) is 4.74. The number of carboxylic acid groups (broad SMARTS) is 1. The van der Waals surface area contributed by atoms with Gasteiger partial charge in [0.15, 0.2) is 0 Å². The third kappa shape index (κ3) is 3.45. The van der Waals surface area contributed by atoms with Gasteiger partial charge in [-0.2, -0.15) is 0 Å². The molecule has 0 fully saturated rings. The number of methoxy groups -OCH3 is 1. The maximum Gasteiger partial charge on any atom is 0.307 e. The van der Waals surface area contributed by atoms with E-state index in [1.54, 1.807) is 25.8 Å². The van der Waals surface area contributed by atoms with Crippen LogP contribution in [-0.2, 0) is 4.79 Å². The van der Waals surface area contributed by atoms with Crippen LogP contribution in [0, 0.1) is 12.8 Å². The van der Waals surface area contributed by atoms with E-state index in [9.17, 15) is 4.79 Å². The molecule has 0 aromatic heterocycles. The highest BCUT2D eigenvalue weighted by molar-refractivity contribution is 7.99. The van der Waals surface area contributed by atoms with E-state index in [1.807, 2.05) is 25.1 Å².